The van der Waals surface area contributed by atoms with Crippen LogP contribution in [0.15, 0.2) is 36.4 Å². The number of aliphatic hydroxyl groups is 2. The molecular weight excluding hydrogens is 556 g/mol. The van der Waals surface area contributed by atoms with Crippen LogP contribution in [0.4, 0.5) is 10.1 Å². The van der Waals surface area contributed by atoms with Crippen LogP contribution in [-0.2, 0) is 15.0 Å². The highest BCUT2D eigenvalue weighted by atomic mass is 35.5. The molecule has 5 N–H and O–H groups in total. The molecule has 1 saturated carbocycles. The summed E-state index contributed by atoms with van der Waals surface area (Å²) < 4.78 is 15.0. The van der Waals surface area contributed by atoms with E-state index >= 15 is 0 Å². The third kappa shape index (κ3) is 5.25. The van der Waals surface area contributed by atoms with E-state index in [2.05, 4.69) is 36.7 Å². The Balaban J connectivity index is 1.56. The Morgan fingerprint density at radius 2 is 1.85 bits per heavy atom. The largest absolute Gasteiger partial charge is 0.390 e. The van der Waals surface area contributed by atoms with Crippen LogP contribution in [0.3, 0.4) is 0 Å². The molecule has 216 valence electrons. The molecule has 3 aliphatic rings. The van der Waals surface area contributed by atoms with Crippen molar-refractivity contribution in [1.82, 2.24) is 10.6 Å². The smallest absolute Gasteiger partial charge is 0.237 e. The normalized spacial score (nSPS) is 30.1. The number of rotatable bonds is 6. The lowest BCUT2D eigenvalue weighted by Crippen LogP contribution is -2.49. The van der Waals surface area contributed by atoms with Gasteiger partial charge in [-0.2, -0.15) is 0 Å². The fourth-order valence-corrected chi connectivity index (χ4v) is 7.34. The maximum Gasteiger partial charge on any atom is 0.237 e. The highest BCUT2D eigenvalue weighted by molar-refractivity contribution is 6.31. The molecule has 0 bridgehead atoms. The molecule has 1 spiro atoms. The quantitative estimate of drug-likeness (QED) is 0.339. The molecule has 40 heavy (non-hydrogen) atoms. The number of hydrogen-bond acceptors (Lipinski definition) is 5. The summed E-state index contributed by atoms with van der Waals surface area (Å²) in [6.07, 6.45) is 0.646. The first-order chi connectivity index (χ1) is 18.8. The Morgan fingerprint density at radius 1 is 1.15 bits per heavy atom. The second kappa shape index (κ2) is 10.9. The van der Waals surface area contributed by atoms with Crippen LogP contribution in [0.25, 0.3) is 0 Å². The van der Waals surface area contributed by atoms with E-state index in [1.54, 1.807) is 18.2 Å². The predicted octanol–water partition coefficient (Wildman–Crippen LogP) is 4.52. The maximum absolute atomic E-state index is 15.0. The lowest BCUT2D eigenvalue weighted by molar-refractivity contribution is -0.123. The highest BCUT2D eigenvalue weighted by Gasteiger charge is 2.65. The molecule has 2 aliphatic heterocycles. The Bertz CT molecular complexity index is 1310. The van der Waals surface area contributed by atoms with Gasteiger partial charge in [-0.25, -0.2) is 4.39 Å². The minimum Gasteiger partial charge on any atom is -0.390 e. The van der Waals surface area contributed by atoms with Crippen LogP contribution in [0, 0.1) is 17.2 Å². The van der Waals surface area contributed by atoms with Crippen LogP contribution in [0.2, 0.25) is 10.0 Å². The van der Waals surface area contributed by atoms with Gasteiger partial charge in [0.05, 0.1) is 23.3 Å². The molecule has 0 radical (unpaired) electrons. The van der Waals surface area contributed by atoms with Gasteiger partial charge in [-0.1, -0.05) is 56.1 Å². The minimum absolute atomic E-state index is 0.0924. The Morgan fingerprint density at radius 3 is 2.50 bits per heavy atom. The summed E-state index contributed by atoms with van der Waals surface area (Å²) in [5.41, 5.74) is 0.0591. The molecule has 2 amide bonds. The summed E-state index contributed by atoms with van der Waals surface area (Å²) in [4.78, 5) is 28.0. The lowest BCUT2D eigenvalue weighted by atomic mass is 9.62. The number of carbonyl (C=O) groups is 2. The van der Waals surface area contributed by atoms with E-state index in [4.69, 9.17) is 23.2 Å². The number of halogens is 3. The van der Waals surface area contributed by atoms with Gasteiger partial charge in [0.1, 0.15) is 11.2 Å². The van der Waals surface area contributed by atoms with Crippen molar-refractivity contribution in [3.63, 3.8) is 0 Å². The van der Waals surface area contributed by atoms with Crippen molar-refractivity contribution in [2.45, 2.75) is 82.1 Å². The van der Waals surface area contributed by atoms with Gasteiger partial charge < -0.3 is 26.2 Å². The SMILES string of the molecule is CC(C)(C)C[C@H]1N[C@@H](C(=O)NCCC2C[C@H](O)[C@@H](O)C2)[C@H](c2cccc(Cl)c2)[C@@]12C(=O)Nc1cc(Cl)c(F)cc12. The maximum atomic E-state index is 15.0. The number of hydrogen-bond donors (Lipinski definition) is 5. The van der Waals surface area contributed by atoms with Gasteiger partial charge in [-0.3, -0.25) is 9.59 Å². The second-order valence-corrected chi connectivity index (χ2v) is 13.5. The number of nitrogens with one attached hydrogen (secondary N) is 3. The molecule has 0 unspecified atom stereocenters. The fourth-order valence-electron chi connectivity index (χ4n) is 6.97. The zero-order chi connectivity index (χ0) is 29.0. The molecule has 0 aromatic heterocycles. The van der Waals surface area contributed by atoms with Crippen molar-refractivity contribution in [3.8, 4) is 0 Å². The first-order valence-corrected chi connectivity index (χ1v) is 14.5. The number of amides is 2. The molecule has 2 aromatic rings. The molecule has 7 nitrogen and oxygen atoms in total. The molecule has 2 aromatic carbocycles. The van der Waals surface area contributed by atoms with Gasteiger partial charge in [-0.05, 0) is 72.4 Å². The van der Waals surface area contributed by atoms with Gasteiger partial charge in [0, 0.05) is 29.2 Å². The minimum atomic E-state index is -1.31. The summed E-state index contributed by atoms with van der Waals surface area (Å²) >= 11 is 12.5. The van der Waals surface area contributed by atoms with Gasteiger partial charge in [0.2, 0.25) is 11.8 Å². The average molecular weight is 593 g/mol. The van der Waals surface area contributed by atoms with Crippen molar-refractivity contribution >= 4 is 40.7 Å². The molecule has 6 atom stereocenters. The van der Waals surface area contributed by atoms with Crippen molar-refractivity contribution < 1.29 is 24.2 Å². The van der Waals surface area contributed by atoms with Crippen molar-refractivity contribution in [2.24, 2.45) is 11.3 Å². The van der Waals surface area contributed by atoms with Crippen LogP contribution in [0.1, 0.15) is 63.5 Å². The second-order valence-electron chi connectivity index (χ2n) is 12.7. The third-order valence-corrected chi connectivity index (χ3v) is 9.16. The summed E-state index contributed by atoms with van der Waals surface area (Å²) in [6, 6.07) is 8.54. The van der Waals surface area contributed by atoms with Crippen molar-refractivity contribution in [2.75, 3.05) is 11.9 Å². The van der Waals surface area contributed by atoms with Crippen LogP contribution in [0.5, 0.6) is 0 Å². The standard InChI is InChI=1S/C30H36Cl2FN3O4/c1-29(2,3)14-24-30(18-12-20(33)19(32)13-21(18)35-28(30)40)25(16-5-4-6-17(31)11-16)26(36-24)27(39)34-8-7-15-9-22(37)23(38)10-15/h4-6,11-13,15,22-26,36-38H,7-10,14H2,1-3H3,(H,34,39)(H,35,40)/t22-,23-,24+,25-,26+,30-/m0/s1. The number of fused-ring (bicyclic) bond motifs is 2. The fraction of sp³-hybridized carbons (Fsp3) is 0.533. The van der Waals surface area contributed by atoms with E-state index in [-0.39, 0.29) is 28.2 Å². The van der Waals surface area contributed by atoms with Crippen LogP contribution >= 0.6 is 23.2 Å². The Kier molecular flexibility index (Phi) is 7.96. The van der Waals surface area contributed by atoms with E-state index < -0.39 is 41.4 Å². The third-order valence-electron chi connectivity index (χ3n) is 8.64. The first kappa shape index (κ1) is 29.3. The van der Waals surface area contributed by atoms with Gasteiger partial charge >= 0.3 is 0 Å². The highest BCUT2D eigenvalue weighted by Crippen LogP contribution is 2.57. The van der Waals surface area contributed by atoms with Gasteiger partial charge in [-0.15, -0.1) is 0 Å². The number of aliphatic hydroxyl groups excluding tert-OH is 2. The zero-order valence-electron chi connectivity index (χ0n) is 22.8. The van der Waals surface area contributed by atoms with Gasteiger partial charge in [0.15, 0.2) is 0 Å². The van der Waals surface area contributed by atoms with Gasteiger partial charge in [0.25, 0.3) is 0 Å². The average Bonchev–Trinajstić information content (AvgIpc) is 3.46. The summed E-state index contributed by atoms with van der Waals surface area (Å²) in [5.74, 6) is -1.83. The molecule has 1 saturated heterocycles. The molecule has 10 heteroatoms. The van der Waals surface area contributed by atoms with Crippen molar-refractivity contribution in [3.05, 3.63) is 63.4 Å². The van der Waals surface area contributed by atoms with Crippen LogP contribution in [-0.4, -0.2) is 52.9 Å². The molecule has 5 rings (SSSR count). The topological polar surface area (TPSA) is 111 Å². The number of benzene rings is 2. The summed E-state index contributed by atoms with van der Waals surface area (Å²) in [7, 11) is 0. The lowest BCUT2D eigenvalue weighted by Gasteiger charge is -2.37. The first-order valence-electron chi connectivity index (χ1n) is 13.8. The van der Waals surface area contributed by atoms with E-state index in [0.29, 0.717) is 54.1 Å². The van der Waals surface area contributed by atoms with E-state index in [1.807, 2.05) is 6.07 Å². The summed E-state index contributed by atoms with van der Waals surface area (Å²) in [6.45, 7) is 6.54. The Hall–Kier alpha value is -2.23. The number of anilines is 1. The molecule has 1 aliphatic carbocycles. The van der Waals surface area contributed by atoms with E-state index in [1.165, 1.54) is 12.1 Å². The molecule has 2 fully saturated rings. The Labute approximate surface area is 243 Å². The molecular formula is C30H36Cl2FN3O4. The van der Waals surface area contributed by atoms with Crippen molar-refractivity contribution in [1.29, 1.82) is 0 Å². The van der Waals surface area contributed by atoms with E-state index in [9.17, 15) is 24.2 Å². The zero-order valence-corrected chi connectivity index (χ0v) is 24.3. The summed E-state index contributed by atoms with van der Waals surface area (Å²) in [5, 5.41) is 29.6. The van der Waals surface area contributed by atoms with Crippen LogP contribution < -0.4 is 16.0 Å². The predicted molar refractivity (Wildman–Crippen MR) is 153 cm³/mol. The monoisotopic (exact) mass is 591 g/mol. The van der Waals surface area contributed by atoms with E-state index in [0.717, 1.165) is 0 Å². The number of carbonyl (C=O) groups excluding carboxylic acids is 2. The molecule has 2 heterocycles.